The summed E-state index contributed by atoms with van der Waals surface area (Å²) in [4.78, 5) is 23.8. The molecule has 1 amide bonds. The lowest BCUT2D eigenvalue weighted by Gasteiger charge is -2.23. The molecule has 150 valence electrons. The van der Waals surface area contributed by atoms with Crippen molar-refractivity contribution in [3.63, 3.8) is 0 Å². The average molecular weight is 404 g/mol. The summed E-state index contributed by atoms with van der Waals surface area (Å²) >= 11 is 6.06. The maximum atomic E-state index is 12.9. The van der Waals surface area contributed by atoms with Gasteiger partial charge in [-0.15, -0.1) is 0 Å². The van der Waals surface area contributed by atoms with Gasteiger partial charge in [0.2, 0.25) is 0 Å². The summed E-state index contributed by atoms with van der Waals surface area (Å²) in [7, 11) is 5.09. The largest absolute Gasteiger partial charge is 0.496 e. The molecule has 1 fully saturated rings. The lowest BCUT2D eigenvalue weighted by molar-refractivity contribution is 0.0778. The van der Waals surface area contributed by atoms with Gasteiger partial charge in [0.05, 0.1) is 19.2 Å². The Hall–Kier alpha value is -2.38. The number of aromatic nitrogens is 2. The standard InChI is InChI=1S/C20H26ClN5O2/c1-22-18-11-16(13-6-8-23-9-7-13)24-19(25-18)12-26(2)20(27)15-10-14(21)4-5-17(15)28-3/h4-5,10-11,13,23H,6-9,12H2,1-3H3,(H,22,24,25). The van der Waals surface area contributed by atoms with Gasteiger partial charge in [-0.3, -0.25) is 4.79 Å². The molecule has 2 aromatic rings. The molecule has 1 aromatic heterocycles. The van der Waals surface area contributed by atoms with Crippen LogP contribution < -0.4 is 15.4 Å². The maximum absolute atomic E-state index is 12.9. The van der Waals surface area contributed by atoms with Crippen molar-refractivity contribution in [3.05, 3.63) is 46.4 Å². The molecule has 0 bridgehead atoms. The average Bonchev–Trinajstić information content (AvgIpc) is 2.73. The molecule has 2 heterocycles. The van der Waals surface area contributed by atoms with Crippen molar-refractivity contribution in [3.8, 4) is 5.75 Å². The van der Waals surface area contributed by atoms with Gasteiger partial charge in [-0.25, -0.2) is 9.97 Å². The minimum atomic E-state index is -0.193. The number of piperidine rings is 1. The van der Waals surface area contributed by atoms with Gasteiger partial charge in [0.1, 0.15) is 17.4 Å². The highest BCUT2D eigenvalue weighted by Gasteiger charge is 2.21. The highest BCUT2D eigenvalue weighted by atomic mass is 35.5. The molecule has 0 spiro atoms. The molecule has 0 saturated carbocycles. The van der Waals surface area contributed by atoms with Gasteiger partial charge < -0.3 is 20.3 Å². The second kappa shape index (κ2) is 9.21. The first-order chi connectivity index (χ1) is 13.5. The smallest absolute Gasteiger partial charge is 0.257 e. The van der Waals surface area contributed by atoms with Crippen LogP contribution in [-0.4, -0.2) is 55.1 Å². The molecule has 1 aromatic carbocycles. The fourth-order valence-electron chi connectivity index (χ4n) is 3.38. The third-order valence-corrected chi connectivity index (χ3v) is 5.16. The van der Waals surface area contributed by atoms with E-state index in [0.29, 0.717) is 34.6 Å². The number of hydrogen-bond donors (Lipinski definition) is 2. The fourth-order valence-corrected chi connectivity index (χ4v) is 3.55. The Bertz CT molecular complexity index is 839. The number of halogens is 1. The zero-order chi connectivity index (χ0) is 20.1. The predicted octanol–water partition coefficient (Wildman–Crippen LogP) is 2.92. The Morgan fingerprint density at radius 3 is 2.75 bits per heavy atom. The first-order valence-corrected chi connectivity index (χ1v) is 9.75. The van der Waals surface area contributed by atoms with E-state index in [1.54, 1.807) is 30.1 Å². The topological polar surface area (TPSA) is 79.4 Å². The van der Waals surface area contributed by atoms with Crippen molar-refractivity contribution in [1.29, 1.82) is 0 Å². The van der Waals surface area contributed by atoms with Crippen molar-refractivity contribution in [2.75, 3.05) is 39.6 Å². The number of rotatable bonds is 6. The molecule has 0 unspecified atom stereocenters. The predicted molar refractivity (Wildman–Crippen MR) is 110 cm³/mol. The summed E-state index contributed by atoms with van der Waals surface area (Å²) < 4.78 is 5.30. The monoisotopic (exact) mass is 403 g/mol. The molecule has 7 nitrogen and oxygen atoms in total. The SMILES string of the molecule is CNc1cc(C2CCNCC2)nc(CN(C)C(=O)c2cc(Cl)ccc2OC)n1. The van der Waals surface area contributed by atoms with Crippen LogP contribution in [0.15, 0.2) is 24.3 Å². The minimum absolute atomic E-state index is 0.193. The second-order valence-electron chi connectivity index (χ2n) is 6.87. The van der Waals surface area contributed by atoms with Gasteiger partial charge in [0.25, 0.3) is 5.91 Å². The number of methoxy groups -OCH3 is 1. The fraction of sp³-hybridized carbons (Fsp3) is 0.450. The van der Waals surface area contributed by atoms with Crippen molar-refractivity contribution in [2.24, 2.45) is 0 Å². The zero-order valence-corrected chi connectivity index (χ0v) is 17.2. The van der Waals surface area contributed by atoms with E-state index in [4.69, 9.17) is 21.3 Å². The number of carbonyl (C=O) groups excluding carboxylic acids is 1. The molecule has 28 heavy (non-hydrogen) atoms. The molecular formula is C20H26ClN5O2. The number of anilines is 1. The molecule has 0 radical (unpaired) electrons. The summed E-state index contributed by atoms with van der Waals surface area (Å²) in [5, 5.41) is 6.96. The van der Waals surface area contributed by atoms with Crippen LogP contribution in [0.5, 0.6) is 5.75 Å². The first kappa shape index (κ1) is 20.4. The highest BCUT2D eigenvalue weighted by molar-refractivity contribution is 6.31. The van der Waals surface area contributed by atoms with E-state index in [1.807, 2.05) is 13.1 Å². The van der Waals surface area contributed by atoms with E-state index in [2.05, 4.69) is 15.6 Å². The normalized spacial score (nSPS) is 14.6. The number of benzene rings is 1. The summed E-state index contributed by atoms with van der Waals surface area (Å²) in [6.07, 6.45) is 2.10. The van der Waals surface area contributed by atoms with Gasteiger partial charge in [-0.2, -0.15) is 0 Å². The number of amides is 1. The summed E-state index contributed by atoms with van der Waals surface area (Å²) in [5.41, 5.74) is 1.44. The third-order valence-electron chi connectivity index (χ3n) is 4.92. The van der Waals surface area contributed by atoms with Gasteiger partial charge in [-0.05, 0) is 44.1 Å². The number of carbonyl (C=O) groups is 1. The van der Waals surface area contributed by atoms with E-state index < -0.39 is 0 Å². The van der Waals surface area contributed by atoms with Crippen LogP contribution in [0.3, 0.4) is 0 Å². The van der Waals surface area contributed by atoms with Crippen LogP contribution in [0.25, 0.3) is 0 Å². The number of hydrogen-bond acceptors (Lipinski definition) is 6. The van der Waals surface area contributed by atoms with Gasteiger partial charge in [0.15, 0.2) is 0 Å². The van der Waals surface area contributed by atoms with Crippen LogP contribution in [0.4, 0.5) is 5.82 Å². The maximum Gasteiger partial charge on any atom is 0.257 e. The Kier molecular flexibility index (Phi) is 6.70. The first-order valence-electron chi connectivity index (χ1n) is 9.37. The molecule has 2 N–H and O–H groups in total. The molecule has 1 saturated heterocycles. The second-order valence-corrected chi connectivity index (χ2v) is 7.31. The van der Waals surface area contributed by atoms with Gasteiger partial charge >= 0.3 is 0 Å². The molecule has 0 atom stereocenters. The van der Waals surface area contributed by atoms with Crippen LogP contribution >= 0.6 is 11.6 Å². The molecular weight excluding hydrogens is 378 g/mol. The molecule has 1 aliphatic heterocycles. The minimum Gasteiger partial charge on any atom is -0.496 e. The number of nitrogens with one attached hydrogen (secondary N) is 2. The van der Waals surface area contributed by atoms with Crippen molar-refractivity contribution in [1.82, 2.24) is 20.2 Å². The van der Waals surface area contributed by atoms with Crippen molar-refractivity contribution < 1.29 is 9.53 Å². The molecule has 0 aliphatic carbocycles. The lowest BCUT2D eigenvalue weighted by atomic mass is 9.94. The summed E-state index contributed by atoms with van der Waals surface area (Å²) in [6.45, 7) is 2.28. The molecule has 8 heteroatoms. The van der Waals surface area contributed by atoms with Crippen molar-refractivity contribution in [2.45, 2.75) is 25.3 Å². The number of ether oxygens (including phenoxy) is 1. The lowest BCUT2D eigenvalue weighted by Crippen LogP contribution is -2.29. The Labute approximate surface area is 170 Å². The summed E-state index contributed by atoms with van der Waals surface area (Å²) in [6, 6.07) is 7.00. The number of nitrogens with zero attached hydrogens (tertiary/aromatic N) is 3. The van der Waals surface area contributed by atoms with Crippen LogP contribution in [-0.2, 0) is 6.54 Å². The third kappa shape index (κ3) is 4.72. The van der Waals surface area contributed by atoms with E-state index >= 15 is 0 Å². The van der Waals surface area contributed by atoms with E-state index in [9.17, 15) is 4.79 Å². The van der Waals surface area contributed by atoms with E-state index in [0.717, 1.165) is 37.4 Å². The quantitative estimate of drug-likeness (QED) is 0.772. The van der Waals surface area contributed by atoms with Gasteiger partial charge in [0, 0.05) is 36.8 Å². The zero-order valence-electron chi connectivity index (χ0n) is 16.5. The Balaban J connectivity index is 1.82. The van der Waals surface area contributed by atoms with Crippen LogP contribution in [0.1, 0.15) is 40.6 Å². The molecule has 3 rings (SSSR count). The van der Waals surface area contributed by atoms with E-state index in [1.165, 1.54) is 7.11 Å². The van der Waals surface area contributed by atoms with Crippen molar-refractivity contribution >= 4 is 23.3 Å². The summed E-state index contributed by atoms with van der Waals surface area (Å²) in [5.74, 6) is 2.07. The van der Waals surface area contributed by atoms with Crippen LogP contribution in [0.2, 0.25) is 5.02 Å². The van der Waals surface area contributed by atoms with E-state index in [-0.39, 0.29) is 5.91 Å². The highest BCUT2D eigenvalue weighted by Crippen LogP contribution is 2.26. The molecule has 1 aliphatic rings. The Morgan fingerprint density at radius 2 is 2.07 bits per heavy atom. The van der Waals surface area contributed by atoms with Gasteiger partial charge in [-0.1, -0.05) is 11.6 Å². The Morgan fingerprint density at radius 1 is 1.32 bits per heavy atom. The van der Waals surface area contributed by atoms with Crippen LogP contribution in [0, 0.1) is 0 Å².